The van der Waals surface area contributed by atoms with Crippen LogP contribution in [0.25, 0.3) is 0 Å². The second kappa shape index (κ2) is 6.48. The third-order valence-electron chi connectivity index (χ3n) is 4.62. The molecule has 2 aliphatic rings. The van der Waals surface area contributed by atoms with Crippen LogP contribution in [-0.2, 0) is 22.5 Å². The molecular weight excluding hydrogens is 343 g/mol. The first-order chi connectivity index (χ1) is 12.1. The fourth-order valence-corrected chi connectivity index (χ4v) is 4.04. The number of hydrogen-bond donors (Lipinski definition) is 0. The van der Waals surface area contributed by atoms with Gasteiger partial charge >= 0.3 is 6.09 Å². The highest BCUT2D eigenvalue weighted by Gasteiger charge is 2.37. The molecule has 0 spiro atoms. The zero-order valence-electron chi connectivity index (χ0n) is 13.5. The summed E-state index contributed by atoms with van der Waals surface area (Å²) < 4.78 is 18.9. The number of amides is 2. The number of cyclic esters (lactones) is 1. The summed E-state index contributed by atoms with van der Waals surface area (Å²) >= 11 is 1.56. The first kappa shape index (κ1) is 16.1. The number of nitrogens with zero attached hydrogens (tertiary/aromatic N) is 2. The van der Waals surface area contributed by atoms with Gasteiger partial charge in [0.05, 0.1) is 18.2 Å². The maximum absolute atomic E-state index is 13.8. The standard InChI is InChI=1S/C18H17FN2O3S/c19-13-4-3-12-10-20(17(22)9-15-2-1-7-25-15)6-5-14-11-24-18(23)21(14)16(12)8-13/h1-4,7-8,14H,5-6,9-11H2. The van der Waals surface area contributed by atoms with Gasteiger partial charge in [0.25, 0.3) is 0 Å². The van der Waals surface area contributed by atoms with E-state index in [2.05, 4.69) is 0 Å². The molecular formula is C18H17FN2O3S. The van der Waals surface area contributed by atoms with Crippen molar-refractivity contribution in [1.29, 1.82) is 0 Å². The average molecular weight is 360 g/mol. The Bertz CT molecular complexity index is 809. The molecule has 5 nitrogen and oxygen atoms in total. The first-order valence-electron chi connectivity index (χ1n) is 8.16. The molecule has 1 atom stereocenters. The van der Waals surface area contributed by atoms with Gasteiger partial charge in [-0.3, -0.25) is 9.69 Å². The number of carbonyl (C=O) groups excluding carboxylic acids is 2. The fraction of sp³-hybridized carbons (Fsp3) is 0.333. The van der Waals surface area contributed by atoms with Crippen LogP contribution in [0.5, 0.6) is 0 Å². The van der Waals surface area contributed by atoms with Crippen molar-refractivity contribution in [3.63, 3.8) is 0 Å². The molecule has 2 amide bonds. The number of fused-ring (bicyclic) bond motifs is 3. The number of ether oxygens (including phenoxy) is 1. The summed E-state index contributed by atoms with van der Waals surface area (Å²) in [6, 6.07) is 8.05. The van der Waals surface area contributed by atoms with Gasteiger partial charge in [0, 0.05) is 18.0 Å². The van der Waals surface area contributed by atoms with Crippen molar-refractivity contribution in [2.45, 2.75) is 25.4 Å². The van der Waals surface area contributed by atoms with E-state index in [9.17, 15) is 14.0 Å². The second-order valence-corrected chi connectivity index (χ2v) is 7.27. The summed E-state index contributed by atoms with van der Waals surface area (Å²) in [6.45, 7) is 1.16. The van der Waals surface area contributed by atoms with Crippen molar-refractivity contribution < 1.29 is 18.7 Å². The Morgan fingerprint density at radius 1 is 1.36 bits per heavy atom. The predicted molar refractivity (Wildman–Crippen MR) is 92.1 cm³/mol. The molecule has 7 heteroatoms. The van der Waals surface area contributed by atoms with Gasteiger partial charge in [0.15, 0.2) is 0 Å². The fourth-order valence-electron chi connectivity index (χ4n) is 3.34. The molecule has 2 aliphatic heterocycles. The van der Waals surface area contributed by atoms with E-state index in [0.717, 1.165) is 10.4 Å². The van der Waals surface area contributed by atoms with Crippen LogP contribution in [-0.4, -0.2) is 36.1 Å². The lowest BCUT2D eigenvalue weighted by Gasteiger charge is -2.32. The summed E-state index contributed by atoms with van der Waals surface area (Å²) in [5.41, 5.74) is 1.26. The van der Waals surface area contributed by atoms with E-state index < -0.39 is 11.9 Å². The molecule has 0 saturated carbocycles. The number of rotatable bonds is 2. The van der Waals surface area contributed by atoms with Crippen molar-refractivity contribution >= 4 is 29.0 Å². The minimum absolute atomic E-state index is 0.0383. The molecule has 1 saturated heterocycles. The second-order valence-electron chi connectivity index (χ2n) is 6.23. The van der Waals surface area contributed by atoms with E-state index in [0.29, 0.717) is 31.6 Å². The molecule has 0 radical (unpaired) electrons. The number of anilines is 1. The Morgan fingerprint density at radius 3 is 3.04 bits per heavy atom. The maximum atomic E-state index is 13.8. The average Bonchev–Trinajstić information content (AvgIpc) is 3.20. The van der Waals surface area contributed by atoms with Gasteiger partial charge in [0.1, 0.15) is 12.4 Å². The Hall–Kier alpha value is -2.41. The molecule has 0 N–H and O–H groups in total. The van der Waals surface area contributed by atoms with Gasteiger partial charge in [0.2, 0.25) is 5.91 Å². The van der Waals surface area contributed by atoms with Crippen LogP contribution in [0.4, 0.5) is 14.9 Å². The quantitative estimate of drug-likeness (QED) is 0.826. The van der Waals surface area contributed by atoms with Gasteiger partial charge in [-0.15, -0.1) is 11.3 Å². The molecule has 130 valence electrons. The summed E-state index contributed by atoms with van der Waals surface area (Å²) in [6.07, 6.45) is 0.519. The van der Waals surface area contributed by atoms with E-state index in [-0.39, 0.29) is 18.6 Å². The van der Waals surface area contributed by atoms with Crippen LogP contribution in [0.3, 0.4) is 0 Å². The molecule has 3 heterocycles. The number of carbonyl (C=O) groups is 2. The van der Waals surface area contributed by atoms with E-state index in [1.54, 1.807) is 22.3 Å². The third kappa shape index (κ3) is 3.11. The molecule has 0 bridgehead atoms. The molecule has 1 unspecified atom stereocenters. The van der Waals surface area contributed by atoms with Gasteiger partial charge in [-0.25, -0.2) is 9.18 Å². The predicted octanol–water partition coefficient (Wildman–Crippen LogP) is 3.19. The van der Waals surface area contributed by atoms with Crippen molar-refractivity contribution in [2.75, 3.05) is 18.1 Å². The van der Waals surface area contributed by atoms with Gasteiger partial charge < -0.3 is 9.64 Å². The molecule has 1 aromatic carbocycles. The highest BCUT2D eigenvalue weighted by atomic mass is 32.1. The van der Waals surface area contributed by atoms with Crippen molar-refractivity contribution in [1.82, 2.24) is 4.90 Å². The van der Waals surface area contributed by atoms with Crippen LogP contribution in [0, 0.1) is 5.82 Å². The van der Waals surface area contributed by atoms with Crippen molar-refractivity contribution in [3.05, 3.63) is 52.0 Å². The Labute approximate surface area is 148 Å². The molecule has 1 fully saturated rings. The maximum Gasteiger partial charge on any atom is 0.414 e. The number of thiophene rings is 1. The molecule has 25 heavy (non-hydrogen) atoms. The number of halogens is 1. The van der Waals surface area contributed by atoms with E-state index in [4.69, 9.17) is 4.74 Å². The first-order valence-corrected chi connectivity index (χ1v) is 9.04. The Balaban J connectivity index is 1.64. The van der Waals surface area contributed by atoms with Gasteiger partial charge in [-0.05, 0) is 35.6 Å². The van der Waals surface area contributed by atoms with Crippen LogP contribution in [0.1, 0.15) is 16.9 Å². The molecule has 1 aromatic heterocycles. The molecule has 4 rings (SSSR count). The third-order valence-corrected chi connectivity index (χ3v) is 5.50. The van der Waals surface area contributed by atoms with Gasteiger partial charge in [-0.2, -0.15) is 0 Å². The molecule has 2 aromatic rings. The van der Waals surface area contributed by atoms with E-state index in [1.807, 2.05) is 17.5 Å². The Morgan fingerprint density at radius 2 is 2.24 bits per heavy atom. The summed E-state index contributed by atoms with van der Waals surface area (Å²) in [5.74, 6) is -0.370. The lowest BCUT2D eigenvalue weighted by Crippen LogP contribution is -2.42. The topological polar surface area (TPSA) is 49.9 Å². The smallest absolute Gasteiger partial charge is 0.414 e. The Kier molecular flexibility index (Phi) is 4.17. The zero-order valence-corrected chi connectivity index (χ0v) is 14.3. The van der Waals surface area contributed by atoms with Crippen molar-refractivity contribution in [2.24, 2.45) is 0 Å². The lowest BCUT2D eigenvalue weighted by molar-refractivity contribution is -0.131. The SMILES string of the molecule is O=C(Cc1cccs1)N1CCC2COC(=O)N2c2cc(F)ccc2C1. The number of benzene rings is 1. The lowest BCUT2D eigenvalue weighted by atomic mass is 10.0. The minimum Gasteiger partial charge on any atom is -0.447 e. The van der Waals surface area contributed by atoms with Crippen LogP contribution < -0.4 is 4.90 Å². The highest BCUT2D eigenvalue weighted by molar-refractivity contribution is 7.10. The molecule has 0 aliphatic carbocycles. The van der Waals surface area contributed by atoms with Crippen LogP contribution in [0.15, 0.2) is 35.7 Å². The van der Waals surface area contributed by atoms with Crippen molar-refractivity contribution in [3.8, 4) is 0 Å². The largest absolute Gasteiger partial charge is 0.447 e. The van der Waals surface area contributed by atoms with Crippen LogP contribution in [0.2, 0.25) is 0 Å². The summed E-state index contributed by atoms with van der Waals surface area (Å²) in [5, 5.41) is 1.95. The van der Waals surface area contributed by atoms with Crippen LogP contribution >= 0.6 is 11.3 Å². The summed E-state index contributed by atoms with van der Waals surface area (Å²) in [4.78, 5) is 29.1. The van der Waals surface area contributed by atoms with E-state index >= 15 is 0 Å². The van der Waals surface area contributed by atoms with Gasteiger partial charge in [-0.1, -0.05) is 12.1 Å². The minimum atomic E-state index is -0.449. The van der Waals surface area contributed by atoms with E-state index in [1.165, 1.54) is 17.0 Å². The highest BCUT2D eigenvalue weighted by Crippen LogP contribution is 2.32. The number of hydrogen-bond acceptors (Lipinski definition) is 4. The summed E-state index contributed by atoms with van der Waals surface area (Å²) in [7, 11) is 0. The zero-order chi connectivity index (χ0) is 17.4. The monoisotopic (exact) mass is 360 g/mol. The normalized spacial score (nSPS) is 19.7.